The van der Waals surface area contributed by atoms with Gasteiger partial charge < -0.3 is 19.6 Å². The van der Waals surface area contributed by atoms with Crippen LogP contribution < -0.4 is 5.32 Å². The van der Waals surface area contributed by atoms with E-state index in [-0.39, 0.29) is 25.4 Å². The predicted molar refractivity (Wildman–Crippen MR) is 103 cm³/mol. The van der Waals surface area contributed by atoms with Crippen molar-refractivity contribution in [2.75, 3.05) is 19.6 Å². The molecule has 32 heavy (non-hydrogen) atoms. The number of nitrogens with one attached hydrogen (secondary N) is 1. The summed E-state index contributed by atoms with van der Waals surface area (Å²) in [5.74, 6) is -9.46. The zero-order valence-corrected chi connectivity index (χ0v) is 17.6. The van der Waals surface area contributed by atoms with Crippen molar-refractivity contribution in [3.8, 4) is 0 Å². The predicted octanol–water partition coefficient (Wildman–Crippen LogP) is 3.47. The van der Waals surface area contributed by atoms with E-state index >= 15 is 0 Å². The molecule has 0 spiro atoms. The second-order valence-electron chi connectivity index (χ2n) is 6.87. The van der Waals surface area contributed by atoms with Crippen molar-refractivity contribution in [1.29, 1.82) is 0 Å². The van der Waals surface area contributed by atoms with E-state index in [1.807, 2.05) is 0 Å². The van der Waals surface area contributed by atoms with Gasteiger partial charge in [0.25, 0.3) is 5.91 Å². The second-order valence-corrected chi connectivity index (χ2v) is 7.64. The molecule has 176 valence electrons. The number of hydrogen-bond acceptors (Lipinski definition) is 5. The maximum absolute atomic E-state index is 13.9. The summed E-state index contributed by atoms with van der Waals surface area (Å²) in [6, 6.07) is 0. The third kappa shape index (κ3) is 6.42. The fraction of sp³-hybridized carbons (Fsp3) is 0.529. The Labute approximate surface area is 180 Å². The third-order valence-electron chi connectivity index (χ3n) is 4.73. The number of likely N-dealkylation sites (tertiary alicyclic amines) is 1. The van der Waals surface area contributed by atoms with Gasteiger partial charge in [-0.2, -0.15) is 0 Å². The van der Waals surface area contributed by atoms with Gasteiger partial charge in [-0.25, -0.2) is 17.6 Å². The van der Waals surface area contributed by atoms with Crippen LogP contribution in [0.4, 0.5) is 23.2 Å². The molecule has 10 nitrogen and oxygen atoms in total. The first-order valence-electron chi connectivity index (χ1n) is 9.54. The van der Waals surface area contributed by atoms with Crippen LogP contribution in [0.15, 0.2) is 5.11 Å². The summed E-state index contributed by atoms with van der Waals surface area (Å²) in [5.41, 5.74) is 5.23. The van der Waals surface area contributed by atoms with E-state index in [9.17, 15) is 31.7 Å². The molecule has 15 heteroatoms. The van der Waals surface area contributed by atoms with Gasteiger partial charge in [0, 0.05) is 31.0 Å². The molecule has 0 bridgehead atoms. The molecule has 1 unspecified atom stereocenters. The van der Waals surface area contributed by atoms with Crippen molar-refractivity contribution >= 4 is 25.8 Å². The van der Waals surface area contributed by atoms with Gasteiger partial charge in [-0.15, -0.1) is 0 Å². The van der Waals surface area contributed by atoms with Crippen LogP contribution in [0.5, 0.6) is 0 Å². The molecule has 1 fully saturated rings. The normalized spacial score (nSPS) is 16.5. The summed E-state index contributed by atoms with van der Waals surface area (Å²) >= 11 is 0. The third-order valence-corrected chi connectivity index (χ3v) is 5.27. The Kier molecular flexibility index (Phi) is 9.45. The van der Waals surface area contributed by atoms with Crippen LogP contribution in [-0.4, -0.2) is 47.3 Å². The maximum atomic E-state index is 13.9. The van der Waals surface area contributed by atoms with E-state index < -0.39 is 54.8 Å². The molecule has 2 amide bonds. The van der Waals surface area contributed by atoms with Gasteiger partial charge in [0.2, 0.25) is 5.91 Å². The van der Waals surface area contributed by atoms with Crippen LogP contribution in [0.25, 0.3) is 10.4 Å². The quantitative estimate of drug-likeness (QED) is 0.1000. The summed E-state index contributed by atoms with van der Waals surface area (Å²) in [5, 5.41) is 4.68. The van der Waals surface area contributed by atoms with Crippen molar-refractivity contribution < 1.29 is 41.1 Å². The number of azide groups is 1. The van der Waals surface area contributed by atoms with Crippen molar-refractivity contribution in [2.24, 2.45) is 5.11 Å². The number of halogens is 4. The van der Waals surface area contributed by atoms with Gasteiger partial charge >= 0.3 is 8.25 Å². The first-order chi connectivity index (χ1) is 15.2. The summed E-state index contributed by atoms with van der Waals surface area (Å²) in [4.78, 5) is 36.4. The Bertz CT molecular complexity index is 931. The lowest BCUT2D eigenvalue weighted by atomic mass is 10.1. The molecule has 2 atom stereocenters. The molecule has 1 heterocycles. The smallest absolute Gasteiger partial charge is 0.316 e. The van der Waals surface area contributed by atoms with Gasteiger partial charge in [-0.1, -0.05) is 11.5 Å². The molecule has 0 aromatic heterocycles. The van der Waals surface area contributed by atoms with Crippen LogP contribution in [0.2, 0.25) is 0 Å². The summed E-state index contributed by atoms with van der Waals surface area (Å²) in [6.45, 7) is 0.573. The second kappa shape index (κ2) is 11.8. The molecule has 0 radical (unpaired) electrons. The number of rotatable bonds is 10. The minimum Gasteiger partial charge on any atom is -0.352 e. The zero-order chi connectivity index (χ0) is 23.8. The highest BCUT2D eigenvalue weighted by atomic mass is 31.1. The summed E-state index contributed by atoms with van der Waals surface area (Å²) in [6.07, 6.45) is 1.42. The molecular weight excluding hydrogens is 461 g/mol. The number of carbonyl (C=O) groups excluding carboxylic acids is 2. The van der Waals surface area contributed by atoms with Crippen LogP contribution in [-0.2, 0) is 13.9 Å². The Morgan fingerprint density at radius 1 is 1.19 bits per heavy atom. The molecular formula is C17H20F4N5O5P. The lowest BCUT2D eigenvalue weighted by Crippen LogP contribution is -2.29. The molecule has 2 rings (SSSR count). The van der Waals surface area contributed by atoms with Gasteiger partial charge in [0.05, 0.1) is 6.10 Å². The lowest BCUT2D eigenvalue weighted by molar-refractivity contribution is -0.130. The SMILES string of the molecule is [N-]=[N+]=Nc1c(F)c(F)c(C(=O)NCCCCCC(=O)N2CC[C@@H](O[PH](=O)O)C2)c(F)c1F. The summed E-state index contributed by atoms with van der Waals surface area (Å²) < 4.78 is 70.8. The average Bonchev–Trinajstić information content (AvgIpc) is 3.20. The number of hydrogen-bond donors (Lipinski definition) is 2. The van der Waals surface area contributed by atoms with E-state index in [2.05, 4.69) is 15.3 Å². The summed E-state index contributed by atoms with van der Waals surface area (Å²) in [7, 11) is -3.06. The van der Waals surface area contributed by atoms with Crippen LogP contribution >= 0.6 is 8.25 Å². The zero-order valence-electron chi connectivity index (χ0n) is 16.6. The van der Waals surface area contributed by atoms with Crippen LogP contribution in [0.1, 0.15) is 42.5 Å². The largest absolute Gasteiger partial charge is 0.352 e. The number of nitrogens with zero attached hydrogens (tertiary/aromatic N) is 4. The standard InChI is InChI=1S/C17H20F4N5O5P/c18-12-11(13(19)15(21)16(14(12)20)24-25-22)17(28)23-6-3-1-2-4-10(27)26-7-5-9(8-26)31-32(29)30/h9,32H,1-8H2,(H,23,28)(H,29,30)/t9-/m1/s1. The maximum Gasteiger partial charge on any atom is 0.316 e. The molecule has 0 saturated carbocycles. The Balaban J connectivity index is 1.77. The topological polar surface area (TPSA) is 145 Å². The Hall–Kier alpha value is -2.66. The molecule has 1 saturated heterocycles. The molecule has 1 aromatic rings. The first-order valence-corrected chi connectivity index (χ1v) is 10.8. The average molecular weight is 481 g/mol. The number of amides is 2. The monoisotopic (exact) mass is 481 g/mol. The van der Waals surface area contributed by atoms with E-state index in [1.54, 1.807) is 0 Å². The molecule has 1 aliphatic rings. The van der Waals surface area contributed by atoms with Gasteiger partial charge in [0.1, 0.15) is 11.3 Å². The molecule has 0 aliphatic carbocycles. The van der Waals surface area contributed by atoms with Gasteiger partial charge in [0.15, 0.2) is 23.3 Å². The highest BCUT2D eigenvalue weighted by molar-refractivity contribution is 7.32. The van der Waals surface area contributed by atoms with E-state index in [1.165, 1.54) is 4.90 Å². The van der Waals surface area contributed by atoms with Crippen molar-refractivity contribution in [3.63, 3.8) is 0 Å². The van der Waals surface area contributed by atoms with Gasteiger partial charge in [-0.05, 0) is 24.8 Å². The first kappa shape index (κ1) is 25.6. The molecule has 1 aliphatic heterocycles. The lowest BCUT2D eigenvalue weighted by Gasteiger charge is -2.16. The Morgan fingerprint density at radius 2 is 1.84 bits per heavy atom. The minimum absolute atomic E-state index is 0.0718. The van der Waals surface area contributed by atoms with Crippen LogP contribution in [0.3, 0.4) is 0 Å². The van der Waals surface area contributed by atoms with Crippen LogP contribution in [0, 0.1) is 23.3 Å². The fourth-order valence-electron chi connectivity index (χ4n) is 3.17. The minimum atomic E-state index is -3.06. The van der Waals surface area contributed by atoms with E-state index in [0.29, 0.717) is 32.2 Å². The molecule has 2 N–H and O–H groups in total. The van der Waals surface area contributed by atoms with Crippen molar-refractivity contribution in [1.82, 2.24) is 10.2 Å². The molecule has 1 aromatic carbocycles. The highest BCUT2D eigenvalue weighted by Gasteiger charge is 2.29. The fourth-order valence-corrected chi connectivity index (χ4v) is 3.65. The highest BCUT2D eigenvalue weighted by Crippen LogP contribution is 2.30. The Morgan fingerprint density at radius 3 is 2.44 bits per heavy atom. The number of carbonyl (C=O) groups is 2. The van der Waals surface area contributed by atoms with Crippen molar-refractivity contribution in [3.05, 3.63) is 39.3 Å². The van der Waals surface area contributed by atoms with Gasteiger partial charge in [-0.3, -0.25) is 14.2 Å². The van der Waals surface area contributed by atoms with Crippen molar-refractivity contribution in [2.45, 2.75) is 38.2 Å². The number of benzene rings is 1. The van der Waals surface area contributed by atoms with E-state index in [4.69, 9.17) is 14.9 Å². The van der Waals surface area contributed by atoms with E-state index in [0.717, 1.165) is 0 Å². The number of unbranched alkanes of at least 4 members (excludes halogenated alkanes) is 2.